The zero-order valence-electron chi connectivity index (χ0n) is 15.4. The van der Waals surface area contributed by atoms with E-state index in [9.17, 15) is 13.9 Å². The number of nitrogens with zero attached hydrogens (tertiary/aromatic N) is 4. The van der Waals surface area contributed by atoms with Crippen molar-refractivity contribution in [2.75, 3.05) is 6.61 Å². The number of aliphatic imine (C=N–C) groups is 1. The molecule has 2 atom stereocenters. The molecular weight excluding hydrogens is 382 g/mol. The quantitative estimate of drug-likeness (QED) is 0.716. The highest BCUT2D eigenvalue weighted by Gasteiger charge is 2.36. The Morgan fingerprint density at radius 1 is 1.21 bits per heavy atom. The van der Waals surface area contributed by atoms with Crippen molar-refractivity contribution in [1.82, 2.24) is 14.8 Å². The maximum atomic E-state index is 14.7. The van der Waals surface area contributed by atoms with Crippen molar-refractivity contribution in [3.63, 3.8) is 0 Å². The molecule has 1 aliphatic heterocycles. The molecule has 0 saturated carbocycles. The highest BCUT2D eigenvalue weighted by molar-refractivity contribution is 7.15. The highest BCUT2D eigenvalue weighted by Crippen LogP contribution is 2.43. The van der Waals surface area contributed by atoms with Gasteiger partial charge in [-0.1, -0.05) is 6.07 Å². The average Bonchev–Trinajstić information content (AvgIpc) is 3.30. The van der Waals surface area contributed by atoms with Gasteiger partial charge in [-0.25, -0.2) is 18.4 Å². The Balaban J connectivity index is 1.82. The van der Waals surface area contributed by atoms with Crippen molar-refractivity contribution < 1.29 is 13.9 Å². The molecular formula is C20H18F2N4OS. The summed E-state index contributed by atoms with van der Waals surface area (Å²) in [6.07, 6.45) is 1.40. The van der Waals surface area contributed by atoms with Gasteiger partial charge in [0.25, 0.3) is 0 Å². The zero-order valence-corrected chi connectivity index (χ0v) is 16.2. The molecule has 1 N–H and O–H groups in total. The van der Waals surface area contributed by atoms with Crippen LogP contribution in [0.25, 0.3) is 5.00 Å². The fourth-order valence-corrected chi connectivity index (χ4v) is 5.51. The molecule has 5 nitrogen and oxygen atoms in total. The molecule has 0 fully saturated rings. The van der Waals surface area contributed by atoms with Crippen LogP contribution in [0.15, 0.2) is 23.2 Å². The van der Waals surface area contributed by atoms with Crippen LogP contribution in [0.3, 0.4) is 0 Å². The molecule has 1 aliphatic carbocycles. The van der Waals surface area contributed by atoms with Gasteiger partial charge in [0.05, 0.1) is 11.3 Å². The summed E-state index contributed by atoms with van der Waals surface area (Å²) >= 11 is 1.55. The van der Waals surface area contributed by atoms with E-state index in [0.717, 1.165) is 27.4 Å². The summed E-state index contributed by atoms with van der Waals surface area (Å²) in [4.78, 5) is 10.3. The van der Waals surface area contributed by atoms with Gasteiger partial charge >= 0.3 is 0 Å². The van der Waals surface area contributed by atoms with E-state index in [1.54, 1.807) is 16.0 Å². The van der Waals surface area contributed by atoms with Crippen molar-refractivity contribution in [2.45, 2.75) is 32.7 Å². The third-order valence-electron chi connectivity index (χ3n) is 5.36. The Bertz CT molecular complexity index is 1110. The number of rotatable bonds is 2. The van der Waals surface area contributed by atoms with Crippen LogP contribution in [0.2, 0.25) is 0 Å². The average molecular weight is 400 g/mol. The third kappa shape index (κ3) is 2.48. The number of thiophene rings is 1. The molecule has 3 aromatic rings. The van der Waals surface area contributed by atoms with Crippen LogP contribution in [-0.4, -0.2) is 32.2 Å². The number of aryl methyl sites for hydroxylation is 1. The molecule has 1 unspecified atom stereocenters. The van der Waals surface area contributed by atoms with Crippen molar-refractivity contribution in [3.8, 4) is 5.00 Å². The van der Waals surface area contributed by atoms with Crippen molar-refractivity contribution in [2.24, 2.45) is 10.9 Å². The Morgan fingerprint density at radius 2 is 1.96 bits per heavy atom. The Morgan fingerprint density at radius 3 is 2.68 bits per heavy atom. The first-order chi connectivity index (χ1) is 13.5. The first-order valence-corrected chi connectivity index (χ1v) is 10.0. The lowest BCUT2D eigenvalue weighted by Crippen LogP contribution is -2.13. The van der Waals surface area contributed by atoms with Gasteiger partial charge in [0.15, 0.2) is 5.82 Å². The Hall–Kier alpha value is -2.45. The second-order valence-corrected chi connectivity index (χ2v) is 8.40. The summed E-state index contributed by atoms with van der Waals surface area (Å²) in [5.74, 6) is 0.125. The van der Waals surface area contributed by atoms with Crippen LogP contribution in [0, 0.1) is 24.5 Å². The van der Waals surface area contributed by atoms with Crippen molar-refractivity contribution in [3.05, 3.63) is 63.0 Å². The topological polar surface area (TPSA) is 63.3 Å². The second kappa shape index (κ2) is 6.28. The number of benzene rings is 1. The van der Waals surface area contributed by atoms with Gasteiger partial charge < -0.3 is 5.11 Å². The van der Waals surface area contributed by atoms with Crippen LogP contribution < -0.4 is 0 Å². The molecule has 0 amide bonds. The SMILES string of the molecule is Cc1nc2n(n1)-c1sc3c(c1C(c1c(F)cccc1F)=N[C@H]2C)CC(CO)C3. The van der Waals surface area contributed by atoms with E-state index < -0.39 is 17.7 Å². The van der Waals surface area contributed by atoms with Gasteiger partial charge in [-0.2, -0.15) is 5.10 Å². The summed E-state index contributed by atoms with van der Waals surface area (Å²) in [5, 5.41) is 14.9. The number of hydrogen-bond acceptors (Lipinski definition) is 5. The summed E-state index contributed by atoms with van der Waals surface area (Å²) in [6.45, 7) is 3.75. The fraction of sp³-hybridized carbons (Fsp3) is 0.350. The lowest BCUT2D eigenvalue weighted by molar-refractivity contribution is 0.232. The molecule has 2 aromatic heterocycles. The van der Waals surface area contributed by atoms with Crippen molar-refractivity contribution >= 4 is 17.0 Å². The van der Waals surface area contributed by atoms with E-state index in [0.29, 0.717) is 23.8 Å². The van der Waals surface area contributed by atoms with Crippen molar-refractivity contribution in [1.29, 1.82) is 0 Å². The van der Waals surface area contributed by atoms with Gasteiger partial charge in [-0.05, 0) is 50.3 Å². The summed E-state index contributed by atoms with van der Waals surface area (Å²) in [7, 11) is 0. The molecule has 5 rings (SSSR count). The first-order valence-electron chi connectivity index (χ1n) is 9.19. The van der Waals surface area contributed by atoms with Gasteiger partial charge in [-0.15, -0.1) is 11.3 Å². The van der Waals surface area contributed by atoms with E-state index in [4.69, 9.17) is 4.99 Å². The molecule has 0 spiro atoms. The number of hydrogen-bond donors (Lipinski definition) is 1. The van der Waals surface area contributed by atoms with Crippen LogP contribution in [0.4, 0.5) is 8.78 Å². The van der Waals surface area contributed by atoms with Crippen LogP contribution >= 0.6 is 11.3 Å². The van der Waals surface area contributed by atoms with E-state index in [-0.39, 0.29) is 18.1 Å². The van der Waals surface area contributed by atoms with Gasteiger partial charge in [0.1, 0.15) is 28.5 Å². The molecule has 0 radical (unpaired) electrons. The number of halogens is 2. The minimum absolute atomic E-state index is 0.0841. The van der Waals surface area contributed by atoms with E-state index in [1.807, 2.05) is 13.8 Å². The van der Waals surface area contributed by atoms with Gasteiger partial charge in [0, 0.05) is 17.0 Å². The predicted molar refractivity (Wildman–Crippen MR) is 102 cm³/mol. The third-order valence-corrected chi connectivity index (χ3v) is 6.59. The number of aliphatic hydroxyl groups excluding tert-OH is 1. The lowest BCUT2D eigenvalue weighted by Gasteiger charge is -2.12. The van der Waals surface area contributed by atoms with E-state index >= 15 is 0 Å². The van der Waals surface area contributed by atoms with Gasteiger partial charge in [0.2, 0.25) is 0 Å². The first kappa shape index (κ1) is 17.6. The fourth-order valence-electron chi connectivity index (χ4n) is 4.10. The number of aliphatic hydroxyl groups is 1. The number of fused-ring (bicyclic) bond motifs is 5. The maximum Gasteiger partial charge on any atom is 0.157 e. The summed E-state index contributed by atoms with van der Waals surface area (Å²) in [5.41, 5.74) is 1.91. The standard InChI is InChI=1S/C20H18F2N4OS/c1-9-19-24-10(2)25-26(19)20-16(12-6-11(8-27)7-15(12)28-20)18(23-9)17-13(21)4-3-5-14(17)22/h3-5,9,11,27H,6-8H2,1-2H3/t9-,11?/m0/s1. The Kier molecular flexibility index (Phi) is 3.96. The zero-order chi connectivity index (χ0) is 19.6. The molecule has 3 heterocycles. The predicted octanol–water partition coefficient (Wildman–Crippen LogP) is 3.53. The normalized spacial score (nSPS) is 20.4. The summed E-state index contributed by atoms with van der Waals surface area (Å²) < 4.78 is 31.2. The molecule has 1 aromatic carbocycles. The molecule has 2 aliphatic rings. The smallest absolute Gasteiger partial charge is 0.157 e. The van der Waals surface area contributed by atoms with Crippen LogP contribution in [0.5, 0.6) is 0 Å². The van der Waals surface area contributed by atoms with Gasteiger partial charge in [-0.3, -0.25) is 4.99 Å². The molecule has 0 saturated heterocycles. The van der Waals surface area contributed by atoms with Crippen LogP contribution in [0.1, 0.15) is 46.2 Å². The summed E-state index contributed by atoms with van der Waals surface area (Å²) in [6, 6.07) is 3.45. The minimum Gasteiger partial charge on any atom is -0.396 e. The monoisotopic (exact) mass is 400 g/mol. The second-order valence-electron chi connectivity index (χ2n) is 7.32. The molecule has 144 valence electrons. The van der Waals surface area contributed by atoms with Crippen LogP contribution in [-0.2, 0) is 12.8 Å². The number of aromatic nitrogens is 3. The molecule has 28 heavy (non-hydrogen) atoms. The Labute approximate surface area is 164 Å². The largest absolute Gasteiger partial charge is 0.396 e. The van der Waals surface area contributed by atoms with E-state index in [2.05, 4.69) is 10.1 Å². The lowest BCUT2D eigenvalue weighted by atomic mass is 9.97. The molecule has 8 heteroatoms. The maximum absolute atomic E-state index is 14.7. The minimum atomic E-state index is -0.641. The van der Waals surface area contributed by atoms with E-state index in [1.165, 1.54) is 18.2 Å². The molecule has 0 bridgehead atoms. The highest BCUT2D eigenvalue weighted by atomic mass is 32.1.